The molecule has 3 N–H and O–H groups in total. The van der Waals surface area contributed by atoms with Gasteiger partial charge in [0, 0.05) is 24.4 Å². The lowest BCUT2D eigenvalue weighted by atomic mass is 9.98. The van der Waals surface area contributed by atoms with Crippen molar-refractivity contribution in [3.05, 3.63) is 77.2 Å². The zero-order chi connectivity index (χ0) is 24.8. The van der Waals surface area contributed by atoms with Crippen LogP contribution in [0.15, 0.2) is 59.1 Å². The van der Waals surface area contributed by atoms with Crippen LogP contribution in [-0.4, -0.2) is 40.9 Å². The molecule has 4 rings (SSSR count). The number of carbonyl (C=O) groups excluding carboxylic acids is 2. The van der Waals surface area contributed by atoms with Gasteiger partial charge in [-0.15, -0.1) is 0 Å². The van der Waals surface area contributed by atoms with Crippen LogP contribution in [0.5, 0.6) is 0 Å². The topological polar surface area (TPSA) is 131 Å². The Kier molecular flexibility index (Phi) is 7.45. The van der Waals surface area contributed by atoms with Crippen molar-refractivity contribution in [2.24, 2.45) is 0 Å². The Morgan fingerprint density at radius 2 is 1.74 bits per heavy atom. The molecular weight excluding hydrogens is 450 g/mol. The van der Waals surface area contributed by atoms with E-state index in [1.165, 1.54) is 6.07 Å². The van der Waals surface area contributed by atoms with Crippen LogP contribution in [0.2, 0.25) is 0 Å². The van der Waals surface area contributed by atoms with Crippen LogP contribution < -0.4 is 10.6 Å². The van der Waals surface area contributed by atoms with Gasteiger partial charge in [-0.25, -0.2) is 9.59 Å². The Morgan fingerprint density at radius 3 is 2.34 bits per heavy atom. The van der Waals surface area contributed by atoms with Crippen molar-refractivity contribution in [2.45, 2.75) is 44.7 Å². The molecule has 182 valence electrons. The number of aromatic nitrogens is 1. The minimum absolute atomic E-state index is 0.00288. The number of hydrogen-bond donors (Lipinski definition) is 3. The zero-order valence-corrected chi connectivity index (χ0v) is 19.3. The molecule has 1 aliphatic carbocycles. The molecule has 1 aliphatic rings. The summed E-state index contributed by atoms with van der Waals surface area (Å²) in [5.41, 5.74) is 4.34. The molecule has 1 heterocycles. The van der Waals surface area contributed by atoms with E-state index in [4.69, 9.17) is 14.4 Å². The fraction of sp³-hybridized carbons (Fsp3) is 0.308. The molecule has 9 nitrogen and oxygen atoms in total. The number of alkyl carbamates (subject to hydrolysis) is 1. The van der Waals surface area contributed by atoms with Crippen molar-refractivity contribution < 1.29 is 28.8 Å². The van der Waals surface area contributed by atoms with Gasteiger partial charge in [0.05, 0.1) is 6.54 Å². The number of hydrogen-bond acceptors (Lipinski definition) is 6. The average molecular weight is 478 g/mol. The van der Waals surface area contributed by atoms with Crippen LogP contribution in [0.1, 0.15) is 59.5 Å². The highest BCUT2D eigenvalue weighted by molar-refractivity contribution is 5.85. The zero-order valence-electron chi connectivity index (χ0n) is 19.3. The van der Waals surface area contributed by atoms with Gasteiger partial charge in [0.25, 0.3) is 0 Å². The summed E-state index contributed by atoms with van der Waals surface area (Å²) in [4.78, 5) is 35.8. The standard InChI is InChI=1S/C26H27N3O6/c1-2-7-16(12-24(30)27-14-17-13-23(25(31)32)29-35-17)28-26(33)34-15-22-20-10-5-3-8-18(20)19-9-4-6-11-21(19)22/h3-6,8-11,13,16,22H,2,7,12,14-15H2,1H3,(H,27,30)(H,28,33)(H,31,32). The molecule has 2 amide bonds. The van der Waals surface area contributed by atoms with Crippen LogP contribution in [-0.2, 0) is 16.1 Å². The lowest BCUT2D eigenvalue weighted by Crippen LogP contribution is -2.39. The second-order valence-electron chi connectivity index (χ2n) is 8.42. The number of carboxylic acid groups (broad SMARTS) is 1. The highest BCUT2D eigenvalue weighted by atomic mass is 16.5. The van der Waals surface area contributed by atoms with E-state index in [1.54, 1.807) is 0 Å². The summed E-state index contributed by atoms with van der Waals surface area (Å²) < 4.78 is 10.5. The van der Waals surface area contributed by atoms with E-state index in [9.17, 15) is 14.4 Å². The SMILES string of the molecule is CCCC(CC(=O)NCc1cc(C(=O)O)no1)NC(=O)OCC1c2ccccc2-c2ccccc21. The molecule has 35 heavy (non-hydrogen) atoms. The van der Waals surface area contributed by atoms with Crippen LogP contribution in [0, 0.1) is 0 Å². The number of carbonyl (C=O) groups is 3. The first-order valence-corrected chi connectivity index (χ1v) is 11.5. The summed E-state index contributed by atoms with van der Waals surface area (Å²) in [6, 6.07) is 17.1. The number of benzene rings is 2. The highest BCUT2D eigenvalue weighted by Crippen LogP contribution is 2.44. The van der Waals surface area contributed by atoms with Crippen molar-refractivity contribution in [3.8, 4) is 11.1 Å². The minimum Gasteiger partial charge on any atom is -0.476 e. The summed E-state index contributed by atoms with van der Waals surface area (Å²) in [7, 11) is 0. The number of nitrogens with one attached hydrogen (secondary N) is 2. The molecule has 0 saturated carbocycles. The van der Waals surface area contributed by atoms with Crippen molar-refractivity contribution in [1.82, 2.24) is 15.8 Å². The molecule has 0 spiro atoms. The van der Waals surface area contributed by atoms with Crippen LogP contribution in [0.3, 0.4) is 0 Å². The molecule has 0 fully saturated rings. The third-order valence-corrected chi connectivity index (χ3v) is 5.97. The van der Waals surface area contributed by atoms with Gasteiger partial charge in [-0.05, 0) is 28.7 Å². The van der Waals surface area contributed by atoms with Gasteiger partial charge in [-0.2, -0.15) is 0 Å². The van der Waals surface area contributed by atoms with Gasteiger partial charge >= 0.3 is 12.1 Å². The third-order valence-electron chi connectivity index (χ3n) is 5.97. The largest absolute Gasteiger partial charge is 0.476 e. The molecule has 1 atom stereocenters. The van der Waals surface area contributed by atoms with E-state index < -0.39 is 18.1 Å². The second kappa shape index (κ2) is 10.9. The van der Waals surface area contributed by atoms with Gasteiger partial charge in [-0.1, -0.05) is 67.0 Å². The predicted octanol–water partition coefficient (Wildman–Crippen LogP) is 4.09. The predicted molar refractivity (Wildman–Crippen MR) is 127 cm³/mol. The van der Waals surface area contributed by atoms with E-state index in [0.29, 0.717) is 6.42 Å². The van der Waals surface area contributed by atoms with Gasteiger partial charge in [0.1, 0.15) is 6.61 Å². The summed E-state index contributed by atoms with van der Waals surface area (Å²) in [6.07, 6.45) is 0.853. The summed E-state index contributed by atoms with van der Waals surface area (Å²) in [6.45, 7) is 2.16. The third kappa shape index (κ3) is 5.68. The molecule has 0 radical (unpaired) electrons. The van der Waals surface area contributed by atoms with Crippen molar-refractivity contribution in [1.29, 1.82) is 0 Å². The van der Waals surface area contributed by atoms with Crippen LogP contribution in [0.4, 0.5) is 4.79 Å². The molecule has 2 aromatic carbocycles. The first kappa shape index (κ1) is 24.0. The first-order chi connectivity index (χ1) is 17.0. The minimum atomic E-state index is -1.21. The molecule has 0 saturated heterocycles. The smallest absolute Gasteiger partial charge is 0.407 e. The Balaban J connectivity index is 1.30. The quantitative estimate of drug-likeness (QED) is 0.401. The van der Waals surface area contributed by atoms with Gasteiger partial charge in [-0.3, -0.25) is 4.79 Å². The fourth-order valence-electron chi connectivity index (χ4n) is 4.36. The number of aromatic carboxylic acids is 1. The maximum Gasteiger partial charge on any atom is 0.407 e. The van der Waals surface area contributed by atoms with Crippen LogP contribution in [0.25, 0.3) is 11.1 Å². The van der Waals surface area contributed by atoms with Crippen molar-refractivity contribution in [2.75, 3.05) is 6.61 Å². The summed E-state index contributed by atoms with van der Waals surface area (Å²) in [5, 5.41) is 17.7. The molecule has 1 unspecified atom stereocenters. The molecule has 1 aromatic heterocycles. The first-order valence-electron chi connectivity index (χ1n) is 11.5. The monoisotopic (exact) mass is 477 g/mol. The van der Waals surface area contributed by atoms with Gasteiger partial charge < -0.3 is 25.0 Å². The van der Waals surface area contributed by atoms with Crippen molar-refractivity contribution in [3.63, 3.8) is 0 Å². The van der Waals surface area contributed by atoms with Gasteiger partial charge in [0.15, 0.2) is 11.5 Å². The maximum atomic E-state index is 12.6. The normalized spacial score (nSPS) is 12.9. The van der Waals surface area contributed by atoms with Crippen LogP contribution >= 0.6 is 0 Å². The van der Waals surface area contributed by atoms with Gasteiger partial charge in [0.2, 0.25) is 5.91 Å². The lowest BCUT2D eigenvalue weighted by molar-refractivity contribution is -0.121. The second-order valence-corrected chi connectivity index (χ2v) is 8.42. The fourth-order valence-corrected chi connectivity index (χ4v) is 4.36. The van der Waals surface area contributed by atoms with E-state index in [2.05, 4.69) is 40.1 Å². The highest BCUT2D eigenvalue weighted by Gasteiger charge is 2.29. The number of nitrogens with zero attached hydrogens (tertiary/aromatic N) is 1. The molecule has 9 heteroatoms. The number of amides is 2. The summed E-state index contributed by atoms with van der Waals surface area (Å²) in [5.74, 6) is -1.33. The molecular formula is C26H27N3O6. The van der Waals surface area contributed by atoms with E-state index in [1.807, 2.05) is 31.2 Å². The Morgan fingerprint density at radius 1 is 1.09 bits per heavy atom. The number of ether oxygens (including phenoxy) is 1. The average Bonchev–Trinajstić information content (AvgIpc) is 3.45. The number of carboxylic acids is 1. The van der Waals surface area contributed by atoms with E-state index in [-0.39, 0.29) is 42.9 Å². The van der Waals surface area contributed by atoms with E-state index >= 15 is 0 Å². The Labute approximate surface area is 202 Å². The van der Waals surface area contributed by atoms with E-state index in [0.717, 1.165) is 28.7 Å². The molecule has 3 aromatic rings. The molecule has 0 aliphatic heterocycles. The molecule has 0 bridgehead atoms. The Hall–Kier alpha value is -4.14. The maximum absolute atomic E-state index is 12.6. The van der Waals surface area contributed by atoms with Crippen molar-refractivity contribution >= 4 is 18.0 Å². The lowest BCUT2D eigenvalue weighted by Gasteiger charge is -2.19. The summed E-state index contributed by atoms with van der Waals surface area (Å²) >= 11 is 0. The number of rotatable bonds is 10. The number of fused-ring (bicyclic) bond motifs is 3. The Bertz CT molecular complexity index is 1180.